The molecule has 4 aromatic heterocycles. The Hall–Kier alpha value is -19.1. The summed E-state index contributed by atoms with van der Waals surface area (Å²) in [7, 11) is -2.78. The number of rotatable bonds is 14. The van der Waals surface area contributed by atoms with E-state index in [1.165, 1.54) is 118 Å². The lowest BCUT2D eigenvalue weighted by Crippen LogP contribution is -2.74. The van der Waals surface area contributed by atoms with E-state index < -0.39 is 8.07 Å². The highest BCUT2D eigenvalue weighted by Crippen LogP contribution is 2.45. The molecule has 672 valence electrons. The third-order valence-electron chi connectivity index (χ3n) is 28.0. The summed E-state index contributed by atoms with van der Waals surface area (Å²) in [5.74, 6) is 5.78. The van der Waals surface area contributed by atoms with Crippen LogP contribution in [0.3, 0.4) is 0 Å². The van der Waals surface area contributed by atoms with Crippen molar-refractivity contribution in [3.63, 3.8) is 0 Å². The number of benzene rings is 24. The monoisotopic (exact) mass is 1850 g/mol. The Labute approximate surface area is 831 Å². The van der Waals surface area contributed by atoms with Gasteiger partial charge in [-0.3, -0.25) is 0 Å². The second kappa shape index (κ2) is 36.7. The molecular weight excluding hydrogens is 1770 g/mol. The average Bonchev–Trinajstić information content (AvgIpc) is 0.736. The molecule has 0 fully saturated rings. The smallest absolute Gasteiger partial charge is 0.179 e. The van der Waals surface area contributed by atoms with Crippen molar-refractivity contribution in [1.29, 1.82) is 0 Å². The molecule has 11 heteroatoms. The summed E-state index contributed by atoms with van der Waals surface area (Å²) >= 11 is 0. The molecular formula is C133H85N9OSi. The molecule has 0 aliphatic carbocycles. The molecule has 0 saturated heterocycles. The summed E-state index contributed by atoms with van der Waals surface area (Å²) < 4.78 is 6.27. The molecule has 28 rings (SSSR count). The summed E-state index contributed by atoms with van der Waals surface area (Å²) in [6.07, 6.45) is 0. The van der Waals surface area contributed by atoms with Crippen molar-refractivity contribution in [3.05, 3.63) is 516 Å². The van der Waals surface area contributed by atoms with E-state index >= 15 is 0 Å². The number of aromatic nitrogens is 9. The third-order valence-corrected chi connectivity index (χ3v) is 32.8. The molecule has 0 saturated carbocycles. The maximum Gasteiger partial charge on any atom is 0.179 e. The van der Waals surface area contributed by atoms with Gasteiger partial charge in [-0.15, -0.1) is 0 Å². The van der Waals surface area contributed by atoms with Gasteiger partial charge in [-0.25, -0.2) is 44.9 Å². The van der Waals surface area contributed by atoms with Crippen molar-refractivity contribution in [2.24, 2.45) is 0 Å². The third kappa shape index (κ3) is 15.5. The quantitative estimate of drug-likeness (QED) is 0.0589. The molecule has 0 unspecified atom stereocenters. The standard InChI is InChI=1S/C51H35N3Si.C43H25N3O.C39H25N3/c1-5-19-37(20-6-1)49-52-50(54-51(53-49)48-35-47-43-29-14-13-18-36(43)32-33-46(47)44-30-15-16-31-45(44)48)38-21-17-28-42(34-38)55(39-22-7-2-8-23-39,40-24-9-3-10-25-40)41-26-11-4-12-27-41;1-2-12-28-24-29(21-20-26(28)10-1)41-44-42(35-17-9-19-39-40(35)34-16-7-8-18-38(34)47-39)46-43(45-41)37-25-36-30-13-4-3-11-27(30)22-23-33(36)31-14-5-6-15-32(31)37;1-3-13-27(14-4-1)37-40-38(28-15-5-2-6-16-28)42-39(41-37)30-18-11-17-29(24-30)35-25-36-31-19-8-7-12-26(31)22-23-34(36)32-20-9-10-21-33(32)35/h1-35H;1-25H;1-25H. The van der Waals surface area contributed by atoms with Crippen molar-refractivity contribution >= 4 is 158 Å². The fourth-order valence-electron chi connectivity index (χ4n) is 21.3. The number of fused-ring (bicyclic) bond motifs is 19. The highest BCUT2D eigenvalue weighted by Gasteiger charge is 2.42. The van der Waals surface area contributed by atoms with Gasteiger partial charge < -0.3 is 4.42 Å². The van der Waals surface area contributed by atoms with E-state index in [0.717, 1.165) is 93.7 Å². The summed E-state index contributed by atoms with van der Waals surface area (Å²) in [6, 6.07) is 182. The van der Waals surface area contributed by atoms with Crippen molar-refractivity contribution in [2.45, 2.75) is 0 Å². The minimum absolute atomic E-state index is 0.609. The van der Waals surface area contributed by atoms with Crippen LogP contribution in [0.15, 0.2) is 520 Å². The lowest BCUT2D eigenvalue weighted by atomic mass is 9.90. The van der Waals surface area contributed by atoms with Crippen LogP contribution < -0.4 is 20.7 Å². The van der Waals surface area contributed by atoms with Crippen LogP contribution >= 0.6 is 0 Å². The zero-order valence-corrected chi connectivity index (χ0v) is 79.0. The highest BCUT2D eigenvalue weighted by atomic mass is 28.3. The predicted octanol–water partition coefficient (Wildman–Crippen LogP) is 31.1. The molecule has 0 radical (unpaired) electrons. The van der Waals surface area contributed by atoms with Crippen LogP contribution in [0.5, 0.6) is 0 Å². The Balaban J connectivity index is 0.000000111. The molecule has 0 bridgehead atoms. The Morgan fingerprint density at radius 3 is 0.861 bits per heavy atom. The number of nitrogens with zero attached hydrogens (tertiary/aromatic N) is 9. The van der Waals surface area contributed by atoms with Gasteiger partial charge in [-0.05, 0) is 182 Å². The molecule has 10 nitrogen and oxygen atoms in total. The molecule has 0 atom stereocenters. The topological polar surface area (TPSA) is 129 Å². The first-order valence-electron chi connectivity index (χ1n) is 48.6. The number of para-hydroxylation sites is 1. The van der Waals surface area contributed by atoms with E-state index in [1.54, 1.807) is 0 Å². The zero-order chi connectivity index (χ0) is 95.4. The van der Waals surface area contributed by atoms with Gasteiger partial charge in [0.1, 0.15) is 11.2 Å². The minimum Gasteiger partial charge on any atom is -0.456 e. The number of hydrogen-bond donors (Lipinski definition) is 0. The fraction of sp³-hybridized carbons (Fsp3) is 0. The first kappa shape index (κ1) is 85.4. The molecule has 0 aliphatic heterocycles. The fourth-order valence-corrected chi connectivity index (χ4v) is 26.1. The first-order chi connectivity index (χ1) is 71.4. The van der Waals surface area contributed by atoms with Crippen molar-refractivity contribution in [2.75, 3.05) is 0 Å². The van der Waals surface area contributed by atoms with Crippen molar-refractivity contribution in [3.8, 4) is 114 Å². The predicted molar refractivity (Wildman–Crippen MR) is 600 cm³/mol. The van der Waals surface area contributed by atoms with Crippen molar-refractivity contribution < 1.29 is 4.42 Å². The highest BCUT2D eigenvalue weighted by molar-refractivity contribution is 7.20. The normalized spacial score (nSPS) is 11.6. The van der Waals surface area contributed by atoms with E-state index in [0.29, 0.717) is 52.4 Å². The van der Waals surface area contributed by atoms with Gasteiger partial charge in [-0.1, -0.05) is 473 Å². The van der Waals surface area contributed by atoms with E-state index in [4.69, 9.17) is 49.3 Å². The number of hydrogen-bond acceptors (Lipinski definition) is 10. The van der Waals surface area contributed by atoms with Gasteiger partial charge in [0.25, 0.3) is 0 Å². The molecule has 0 spiro atoms. The average molecular weight is 1850 g/mol. The largest absolute Gasteiger partial charge is 0.456 e. The molecule has 0 aliphatic rings. The van der Waals surface area contributed by atoms with Crippen LogP contribution in [0.25, 0.3) is 243 Å². The maximum absolute atomic E-state index is 6.27. The minimum atomic E-state index is -2.78. The Morgan fingerprint density at radius 2 is 0.410 bits per heavy atom. The van der Waals surface area contributed by atoms with E-state index in [2.05, 4.69) is 406 Å². The molecule has 0 N–H and O–H groups in total. The van der Waals surface area contributed by atoms with Gasteiger partial charge in [0, 0.05) is 60.8 Å². The molecule has 0 amide bonds. The zero-order valence-electron chi connectivity index (χ0n) is 78.0. The summed E-state index contributed by atoms with van der Waals surface area (Å²) in [4.78, 5) is 46.3. The Morgan fingerprint density at radius 1 is 0.132 bits per heavy atom. The maximum atomic E-state index is 6.27. The van der Waals surface area contributed by atoms with Crippen LogP contribution in [0.2, 0.25) is 0 Å². The molecule has 24 aromatic carbocycles. The second-order valence-electron chi connectivity index (χ2n) is 36.4. The van der Waals surface area contributed by atoms with Gasteiger partial charge in [0.05, 0.1) is 0 Å². The second-order valence-corrected chi connectivity index (χ2v) is 40.2. The molecule has 4 heterocycles. The van der Waals surface area contributed by atoms with Crippen LogP contribution in [0.1, 0.15) is 0 Å². The summed E-state index contributed by atoms with van der Waals surface area (Å²) in [5, 5.41) is 31.2. The SMILES string of the molecule is c1ccc(-c2nc(-c3cccc([Si](c4ccccc4)(c4ccccc4)c4ccccc4)c3)nc(-c3cc4c5ccccc5ccc4c4ccccc34)n2)cc1.c1ccc(-c2nc(-c3ccccc3)nc(-c3cccc(-c4cc5c6ccccc6ccc5c5ccccc45)c3)n2)cc1.c1ccc2cc(-c3nc(-c4cc5c6ccccc6ccc5c5ccccc45)nc(-c4cccc5oc6ccccc6c45)n3)ccc2c1. The van der Waals surface area contributed by atoms with Crippen molar-refractivity contribution in [1.82, 2.24) is 44.9 Å². The van der Waals surface area contributed by atoms with Crippen LogP contribution in [-0.2, 0) is 0 Å². The Bertz CT molecular complexity index is 9710. The molecule has 28 aromatic rings. The Kier molecular flexibility index (Phi) is 21.7. The summed E-state index contributed by atoms with van der Waals surface area (Å²) in [5.41, 5.74) is 12.5. The van der Waals surface area contributed by atoms with E-state index in [-0.39, 0.29) is 0 Å². The van der Waals surface area contributed by atoms with Crippen LogP contribution in [0.4, 0.5) is 0 Å². The lowest BCUT2D eigenvalue weighted by Gasteiger charge is -2.34. The van der Waals surface area contributed by atoms with Gasteiger partial charge >= 0.3 is 0 Å². The van der Waals surface area contributed by atoms with Gasteiger partial charge in [-0.2, -0.15) is 0 Å². The molecule has 144 heavy (non-hydrogen) atoms. The summed E-state index contributed by atoms with van der Waals surface area (Å²) in [6.45, 7) is 0. The lowest BCUT2D eigenvalue weighted by molar-refractivity contribution is 0.669. The number of furan rings is 1. The van der Waals surface area contributed by atoms with E-state index in [1.807, 2.05) is 109 Å². The van der Waals surface area contributed by atoms with Gasteiger partial charge in [0.15, 0.2) is 60.5 Å². The van der Waals surface area contributed by atoms with Crippen LogP contribution in [-0.4, -0.2) is 52.9 Å². The van der Waals surface area contributed by atoms with Crippen LogP contribution in [0, 0.1) is 0 Å². The van der Waals surface area contributed by atoms with E-state index in [9.17, 15) is 0 Å². The van der Waals surface area contributed by atoms with Gasteiger partial charge in [0.2, 0.25) is 0 Å². The first-order valence-corrected chi connectivity index (χ1v) is 50.6.